The van der Waals surface area contributed by atoms with Gasteiger partial charge in [0.15, 0.2) is 0 Å². The Morgan fingerprint density at radius 3 is 2.68 bits per heavy atom. The third kappa shape index (κ3) is 3.63. The van der Waals surface area contributed by atoms with Gasteiger partial charge in [0.1, 0.15) is 6.20 Å². The first-order valence-corrected chi connectivity index (χ1v) is 9.93. The molecule has 3 aromatic rings. The maximum atomic E-state index is 12.5. The highest BCUT2D eigenvalue weighted by atomic mass is 32.1. The number of nitrogens with zero attached hydrogens (tertiary/aromatic N) is 5. The molecule has 1 fully saturated rings. The van der Waals surface area contributed by atoms with Gasteiger partial charge in [0, 0.05) is 50.2 Å². The van der Waals surface area contributed by atoms with Crippen LogP contribution >= 0.6 is 11.3 Å². The zero-order valence-electron chi connectivity index (χ0n) is 15.2. The normalized spacial score (nSPS) is 14.4. The Morgan fingerprint density at radius 1 is 1.21 bits per heavy atom. The van der Waals surface area contributed by atoms with Crippen LogP contribution in [0.1, 0.15) is 6.42 Å². The first kappa shape index (κ1) is 18.2. The first-order valence-electron chi connectivity index (χ1n) is 9.05. The molecule has 1 aliphatic rings. The van der Waals surface area contributed by atoms with Crippen LogP contribution in [0.25, 0.3) is 4.96 Å². The minimum absolute atomic E-state index is 0.0453. The predicted octanol–water partition coefficient (Wildman–Crippen LogP) is 2.45. The number of nitrogens with one attached hydrogen (secondary N) is 1. The topological polar surface area (TPSA) is 96.0 Å². The number of imidazole rings is 1. The molecule has 0 aliphatic carbocycles. The van der Waals surface area contributed by atoms with E-state index in [2.05, 4.69) is 27.3 Å². The molecule has 146 valence electrons. The molecule has 1 amide bonds. The van der Waals surface area contributed by atoms with Gasteiger partial charge in [0.25, 0.3) is 4.96 Å². The summed E-state index contributed by atoms with van der Waals surface area (Å²) in [6, 6.07) is 10.2. The van der Waals surface area contributed by atoms with Crippen LogP contribution in [-0.2, 0) is 4.79 Å². The number of fused-ring (bicyclic) bond motifs is 1. The van der Waals surface area contributed by atoms with E-state index in [-0.39, 0.29) is 24.0 Å². The van der Waals surface area contributed by atoms with E-state index in [1.807, 2.05) is 23.1 Å². The van der Waals surface area contributed by atoms with Crippen molar-refractivity contribution in [2.45, 2.75) is 6.42 Å². The minimum atomic E-state index is -0.459. The SMILES string of the molecule is O=C(CCNc1nc2sccn2c1[N+](=O)[O-])N1CCN(c2ccccc2)CC1. The molecule has 1 N–H and O–H groups in total. The number of para-hydroxylation sites is 1. The number of piperazine rings is 1. The number of rotatable bonds is 6. The van der Waals surface area contributed by atoms with E-state index in [9.17, 15) is 14.9 Å². The van der Waals surface area contributed by atoms with E-state index in [1.165, 1.54) is 21.4 Å². The second kappa shape index (κ2) is 7.85. The van der Waals surface area contributed by atoms with Crippen molar-refractivity contribution in [3.8, 4) is 0 Å². The van der Waals surface area contributed by atoms with Gasteiger partial charge in [0.2, 0.25) is 11.7 Å². The molecule has 1 aromatic carbocycles. The maximum Gasteiger partial charge on any atom is 0.372 e. The van der Waals surface area contributed by atoms with Gasteiger partial charge in [-0.3, -0.25) is 4.79 Å². The van der Waals surface area contributed by atoms with E-state index in [1.54, 1.807) is 11.6 Å². The van der Waals surface area contributed by atoms with E-state index < -0.39 is 4.92 Å². The average Bonchev–Trinajstić information content (AvgIpc) is 3.29. The molecule has 10 heteroatoms. The number of benzene rings is 1. The quantitative estimate of drug-likeness (QED) is 0.504. The van der Waals surface area contributed by atoms with Crippen LogP contribution in [0.5, 0.6) is 0 Å². The Morgan fingerprint density at radius 2 is 1.96 bits per heavy atom. The smallest absolute Gasteiger partial charge is 0.368 e. The lowest BCUT2D eigenvalue weighted by Crippen LogP contribution is -2.49. The molecule has 28 heavy (non-hydrogen) atoms. The fraction of sp³-hybridized carbons (Fsp3) is 0.333. The Kier molecular flexibility index (Phi) is 5.11. The summed E-state index contributed by atoms with van der Waals surface area (Å²) in [7, 11) is 0. The van der Waals surface area contributed by atoms with Gasteiger partial charge >= 0.3 is 5.82 Å². The summed E-state index contributed by atoms with van der Waals surface area (Å²) >= 11 is 1.33. The largest absolute Gasteiger partial charge is 0.372 e. The van der Waals surface area contributed by atoms with Crippen molar-refractivity contribution in [2.75, 3.05) is 42.9 Å². The second-order valence-corrected chi connectivity index (χ2v) is 7.35. The second-order valence-electron chi connectivity index (χ2n) is 6.48. The Balaban J connectivity index is 1.29. The van der Waals surface area contributed by atoms with Crippen molar-refractivity contribution in [2.24, 2.45) is 0 Å². The predicted molar refractivity (Wildman–Crippen MR) is 108 cm³/mol. The van der Waals surface area contributed by atoms with Crippen molar-refractivity contribution >= 4 is 39.5 Å². The lowest BCUT2D eigenvalue weighted by Gasteiger charge is -2.36. The molecule has 0 spiro atoms. The third-order valence-corrected chi connectivity index (χ3v) is 5.55. The monoisotopic (exact) mass is 400 g/mol. The summed E-state index contributed by atoms with van der Waals surface area (Å²) in [6.45, 7) is 3.25. The summed E-state index contributed by atoms with van der Waals surface area (Å²) in [4.78, 5) is 32.3. The van der Waals surface area contributed by atoms with E-state index in [0.29, 0.717) is 24.6 Å². The first-order chi connectivity index (χ1) is 13.6. The summed E-state index contributed by atoms with van der Waals surface area (Å²) in [5.41, 5.74) is 1.17. The van der Waals surface area contributed by atoms with Gasteiger partial charge in [-0.25, -0.2) is 0 Å². The molecule has 4 rings (SSSR count). The van der Waals surface area contributed by atoms with Gasteiger partial charge in [0.05, 0.1) is 0 Å². The molecule has 1 aliphatic heterocycles. The molecule has 1 saturated heterocycles. The van der Waals surface area contributed by atoms with Crippen molar-refractivity contribution < 1.29 is 9.72 Å². The zero-order chi connectivity index (χ0) is 19.5. The summed E-state index contributed by atoms with van der Waals surface area (Å²) in [5, 5.41) is 16.0. The Labute approximate surface area is 165 Å². The van der Waals surface area contributed by atoms with Crippen LogP contribution in [0.2, 0.25) is 0 Å². The zero-order valence-corrected chi connectivity index (χ0v) is 16.0. The highest BCUT2D eigenvalue weighted by Crippen LogP contribution is 2.27. The molecular weight excluding hydrogens is 380 g/mol. The van der Waals surface area contributed by atoms with Crippen LogP contribution in [0.4, 0.5) is 17.3 Å². The van der Waals surface area contributed by atoms with Crippen LogP contribution in [-0.4, -0.2) is 57.8 Å². The average molecular weight is 400 g/mol. The van der Waals surface area contributed by atoms with Gasteiger partial charge in [-0.05, 0) is 17.1 Å². The van der Waals surface area contributed by atoms with Crippen LogP contribution in [0.15, 0.2) is 41.9 Å². The Hall–Kier alpha value is -3.14. The van der Waals surface area contributed by atoms with E-state index in [0.717, 1.165) is 13.1 Å². The van der Waals surface area contributed by atoms with Gasteiger partial charge in [-0.15, -0.1) is 0 Å². The molecule has 0 atom stereocenters. The highest BCUT2D eigenvalue weighted by molar-refractivity contribution is 7.15. The standard InChI is InChI=1S/C18H20N6O3S/c25-15(22-10-8-21(9-11-22)14-4-2-1-3-5-14)6-7-19-16-17(24(26)27)23-12-13-28-18(23)20-16/h1-5,12-13,19H,6-11H2. The van der Waals surface area contributed by atoms with Crippen LogP contribution in [0, 0.1) is 10.1 Å². The van der Waals surface area contributed by atoms with Crippen LogP contribution < -0.4 is 10.2 Å². The molecule has 3 heterocycles. The molecule has 0 saturated carbocycles. The Bertz CT molecular complexity index is 978. The number of hydrogen-bond donors (Lipinski definition) is 1. The maximum absolute atomic E-state index is 12.5. The lowest BCUT2D eigenvalue weighted by atomic mass is 10.2. The number of nitro groups is 1. The summed E-state index contributed by atoms with van der Waals surface area (Å²) in [6.07, 6.45) is 1.89. The number of amides is 1. The fourth-order valence-corrected chi connectivity index (χ4v) is 4.07. The van der Waals surface area contributed by atoms with Gasteiger partial charge < -0.3 is 25.2 Å². The van der Waals surface area contributed by atoms with Crippen molar-refractivity contribution in [3.63, 3.8) is 0 Å². The number of aromatic nitrogens is 2. The number of anilines is 2. The molecular formula is C18H20N6O3S. The highest BCUT2D eigenvalue weighted by Gasteiger charge is 2.24. The number of thiazole rings is 1. The van der Waals surface area contributed by atoms with Gasteiger partial charge in [-0.1, -0.05) is 29.5 Å². The summed E-state index contributed by atoms with van der Waals surface area (Å²) in [5.74, 6) is 0.155. The van der Waals surface area contributed by atoms with Crippen LogP contribution in [0.3, 0.4) is 0 Å². The van der Waals surface area contributed by atoms with Crippen molar-refractivity contribution in [3.05, 3.63) is 52.0 Å². The fourth-order valence-electron chi connectivity index (χ4n) is 3.37. The third-order valence-electron chi connectivity index (χ3n) is 4.79. The van der Waals surface area contributed by atoms with Gasteiger partial charge in [-0.2, -0.15) is 9.38 Å². The molecule has 0 radical (unpaired) electrons. The minimum Gasteiger partial charge on any atom is -0.368 e. The van der Waals surface area contributed by atoms with E-state index in [4.69, 9.17) is 0 Å². The molecule has 9 nitrogen and oxygen atoms in total. The van der Waals surface area contributed by atoms with E-state index >= 15 is 0 Å². The molecule has 2 aromatic heterocycles. The molecule has 0 bridgehead atoms. The van der Waals surface area contributed by atoms with Crippen molar-refractivity contribution in [1.29, 1.82) is 0 Å². The number of carbonyl (C=O) groups is 1. The summed E-state index contributed by atoms with van der Waals surface area (Å²) < 4.78 is 1.44. The number of carbonyl (C=O) groups excluding carboxylic acids is 1. The lowest BCUT2D eigenvalue weighted by molar-refractivity contribution is -0.389. The molecule has 0 unspecified atom stereocenters. The number of hydrogen-bond acceptors (Lipinski definition) is 7. The van der Waals surface area contributed by atoms with Crippen molar-refractivity contribution in [1.82, 2.24) is 14.3 Å².